The van der Waals surface area contributed by atoms with Crippen LogP contribution in [0, 0.1) is 0 Å². The van der Waals surface area contributed by atoms with Crippen molar-refractivity contribution < 1.29 is 49.5 Å². The van der Waals surface area contributed by atoms with Crippen LogP contribution < -0.4 is 27.0 Å². The molecule has 0 saturated carbocycles. The number of carboxylic acids is 1. The molecular weight excluding hydrogens is 518 g/mol. The Morgan fingerprint density at radius 1 is 0.718 bits per heavy atom. The van der Waals surface area contributed by atoms with Gasteiger partial charge in [-0.3, -0.25) is 19.2 Å². The van der Waals surface area contributed by atoms with Crippen molar-refractivity contribution in [3.63, 3.8) is 0 Å². The van der Waals surface area contributed by atoms with E-state index in [0.717, 1.165) is 13.8 Å². The Morgan fingerprint density at radius 2 is 1.15 bits per heavy atom. The van der Waals surface area contributed by atoms with Crippen LogP contribution in [0.3, 0.4) is 0 Å². The fourth-order valence-electron chi connectivity index (χ4n) is 3.36. The van der Waals surface area contributed by atoms with Gasteiger partial charge in [0.1, 0.15) is 24.2 Å². The van der Waals surface area contributed by atoms with Crippen molar-refractivity contribution in [3.05, 3.63) is 35.9 Å². The van der Waals surface area contributed by atoms with Gasteiger partial charge in [-0.1, -0.05) is 30.3 Å². The van der Waals surface area contributed by atoms with E-state index >= 15 is 0 Å². The molecule has 0 heterocycles. The van der Waals surface area contributed by atoms with Gasteiger partial charge in [0.2, 0.25) is 23.6 Å². The van der Waals surface area contributed by atoms with Crippen LogP contribution in [0.5, 0.6) is 0 Å². The highest BCUT2D eigenvalue weighted by molar-refractivity contribution is 5.96. The minimum Gasteiger partial charge on any atom is -0.480 e. The summed E-state index contributed by atoms with van der Waals surface area (Å²) in [4.78, 5) is 62.2. The second-order valence-corrected chi connectivity index (χ2v) is 9.06. The van der Waals surface area contributed by atoms with E-state index in [1.165, 1.54) is 6.92 Å². The summed E-state index contributed by atoms with van der Waals surface area (Å²) in [7, 11) is 0. The summed E-state index contributed by atoms with van der Waals surface area (Å²) in [6.45, 7) is 2.73. The lowest BCUT2D eigenvalue weighted by molar-refractivity contribution is -0.146. The van der Waals surface area contributed by atoms with Gasteiger partial charge in [-0.25, -0.2) is 4.79 Å². The Labute approximate surface area is 224 Å². The number of rotatable bonds is 15. The first-order chi connectivity index (χ1) is 18.2. The fraction of sp³-hybridized carbons (Fsp3) is 0.542. The van der Waals surface area contributed by atoms with Gasteiger partial charge in [-0.2, -0.15) is 0 Å². The molecule has 0 aromatic heterocycles. The van der Waals surface area contributed by atoms with Crippen LogP contribution in [-0.2, 0) is 30.4 Å². The maximum absolute atomic E-state index is 13.1. The number of carbonyl (C=O) groups is 5. The van der Waals surface area contributed by atoms with Gasteiger partial charge in [0.05, 0.1) is 24.9 Å². The Hall–Kier alpha value is -3.63. The number of amides is 4. The molecule has 15 heteroatoms. The van der Waals surface area contributed by atoms with Crippen molar-refractivity contribution in [2.24, 2.45) is 5.73 Å². The zero-order valence-electron chi connectivity index (χ0n) is 21.8. The van der Waals surface area contributed by atoms with Crippen molar-refractivity contribution in [1.82, 2.24) is 21.3 Å². The highest BCUT2D eigenvalue weighted by Crippen LogP contribution is 2.06. The number of aliphatic hydroxyl groups excluding tert-OH is 4. The normalized spacial score (nSPS) is 17.2. The number of hydrogen-bond donors (Lipinski definition) is 10. The summed E-state index contributed by atoms with van der Waals surface area (Å²) in [5, 5.41) is 57.0. The maximum Gasteiger partial charge on any atom is 0.328 e. The first-order valence-electron chi connectivity index (χ1n) is 12.1. The summed E-state index contributed by atoms with van der Waals surface area (Å²) in [5.74, 6) is -5.56. The number of benzene rings is 1. The maximum atomic E-state index is 13.1. The van der Waals surface area contributed by atoms with E-state index in [2.05, 4.69) is 16.0 Å². The minimum absolute atomic E-state index is 0.0423. The van der Waals surface area contributed by atoms with Crippen LogP contribution in [-0.4, -0.2) is 110 Å². The molecule has 11 N–H and O–H groups in total. The van der Waals surface area contributed by atoms with E-state index in [0.29, 0.717) is 5.56 Å². The molecule has 1 rings (SSSR count). The summed E-state index contributed by atoms with van der Waals surface area (Å²) >= 11 is 0. The molecule has 1 aromatic carbocycles. The van der Waals surface area contributed by atoms with E-state index in [1.54, 1.807) is 30.3 Å². The van der Waals surface area contributed by atoms with Gasteiger partial charge in [-0.05, 0) is 26.3 Å². The molecule has 0 unspecified atom stereocenters. The van der Waals surface area contributed by atoms with Gasteiger partial charge >= 0.3 is 5.97 Å². The van der Waals surface area contributed by atoms with Crippen molar-refractivity contribution in [2.45, 2.75) is 75.7 Å². The summed E-state index contributed by atoms with van der Waals surface area (Å²) < 4.78 is 0. The topological polar surface area (TPSA) is 261 Å². The van der Waals surface area contributed by atoms with Gasteiger partial charge < -0.3 is 52.5 Å². The van der Waals surface area contributed by atoms with Crippen LogP contribution >= 0.6 is 0 Å². The van der Waals surface area contributed by atoms with E-state index in [9.17, 15) is 39.3 Å². The number of aliphatic hydroxyl groups is 4. The first-order valence-corrected chi connectivity index (χ1v) is 12.1. The first kappa shape index (κ1) is 33.4. The van der Waals surface area contributed by atoms with Gasteiger partial charge in [0.25, 0.3) is 0 Å². The fourth-order valence-corrected chi connectivity index (χ4v) is 3.36. The number of carbonyl (C=O) groups excluding carboxylic acids is 4. The van der Waals surface area contributed by atoms with Crippen molar-refractivity contribution in [2.75, 3.05) is 6.61 Å². The molecule has 0 aliphatic carbocycles. The lowest BCUT2D eigenvalue weighted by Crippen LogP contribution is -2.63. The van der Waals surface area contributed by atoms with E-state index in [1.807, 2.05) is 5.32 Å². The monoisotopic (exact) mass is 555 g/mol. The van der Waals surface area contributed by atoms with Gasteiger partial charge in [0.15, 0.2) is 6.04 Å². The highest BCUT2D eigenvalue weighted by Gasteiger charge is 2.36. The predicted octanol–water partition coefficient (Wildman–Crippen LogP) is -4.29. The molecule has 218 valence electrons. The minimum atomic E-state index is -1.74. The molecule has 0 fully saturated rings. The molecule has 8 atom stereocenters. The Morgan fingerprint density at radius 3 is 1.56 bits per heavy atom. The Balaban J connectivity index is 3.12. The van der Waals surface area contributed by atoms with Crippen molar-refractivity contribution >= 4 is 29.6 Å². The lowest BCUT2D eigenvalue weighted by Gasteiger charge is -2.28. The average Bonchev–Trinajstić information content (AvgIpc) is 2.87. The molecular formula is C24H37N5O10. The number of hydrogen-bond acceptors (Lipinski definition) is 10. The van der Waals surface area contributed by atoms with Crippen LogP contribution in [0.2, 0.25) is 0 Å². The number of carboxylic acid groups (broad SMARTS) is 1. The predicted molar refractivity (Wildman–Crippen MR) is 136 cm³/mol. The SMILES string of the molecule is C[C@@H](O)[C@H](NC(=O)[C@@H](NC(=O)[C@@H](NC(=O)[C@H](Cc1ccccc1)NC(=O)[C@@H](N)CO)[C@@H](C)O)[C@@H](C)O)C(=O)O. The molecule has 0 radical (unpaired) electrons. The third-order valence-electron chi connectivity index (χ3n) is 5.62. The van der Waals surface area contributed by atoms with E-state index < -0.39 is 84.7 Å². The number of nitrogens with two attached hydrogens (primary N) is 1. The standard InChI is InChI=1S/C24H37N5O10/c1-11(31)17(22(36)28-18(12(2)32)23(37)29-19(13(3)33)24(38)39)27-21(35)16(26-20(34)15(25)10-30)9-14-7-5-4-6-8-14/h4-8,11-13,15-19,30-33H,9-10,25H2,1-3H3,(H,26,34)(H,27,35)(H,28,36)(H,29,37)(H,38,39)/t11-,12-,13-,15+,16+,17+,18+,19+/m1/s1. The Kier molecular flexibility index (Phi) is 13.4. The van der Waals surface area contributed by atoms with Crippen LogP contribution in [0.15, 0.2) is 30.3 Å². The third kappa shape index (κ3) is 10.6. The number of aliphatic carboxylic acids is 1. The van der Waals surface area contributed by atoms with Crippen LogP contribution in [0.25, 0.3) is 0 Å². The van der Waals surface area contributed by atoms with E-state index in [4.69, 9.17) is 15.9 Å². The smallest absolute Gasteiger partial charge is 0.328 e. The van der Waals surface area contributed by atoms with Gasteiger partial charge in [0, 0.05) is 6.42 Å². The largest absolute Gasteiger partial charge is 0.480 e. The molecule has 39 heavy (non-hydrogen) atoms. The molecule has 4 amide bonds. The third-order valence-corrected chi connectivity index (χ3v) is 5.62. The number of nitrogens with one attached hydrogen (secondary N) is 4. The van der Waals surface area contributed by atoms with Crippen LogP contribution in [0.4, 0.5) is 0 Å². The second kappa shape index (κ2) is 15.7. The van der Waals surface area contributed by atoms with Crippen LogP contribution in [0.1, 0.15) is 26.3 Å². The molecule has 0 bridgehead atoms. The van der Waals surface area contributed by atoms with E-state index in [-0.39, 0.29) is 6.42 Å². The molecule has 0 saturated heterocycles. The van der Waals surface area contributed by atoms with Crippen molar-refractivity contribution in [1.29, 1.82) is 0 Å². The average molecular weight is 556 g/mol. The Bertz CT molecular complexity index is 989. The summed E-state index contributed by atoms with van der Waals surface area (Å²) in [6, 6.07) is 0.743. The zero-order valence-corrected chi connectivity index (χ0v) is 21.8. The second-order valence-electron chi connectivity index (χ2n) is 9.06. The molecule has 0 spiro atoms. The molecule has 15 nitrogen and oxygen atoms in total. The zero-order chi connectivity index (χ0) is 29.9. The lowest BCUT2D eigenvalue weighted by atomic mass is 10.0. The van der Waals surface area contributed by atoms with Gasteiger partial charge in [-0.15, -0.1) is 0 Å². The summed E-state index contributed by atoms with van der Waals surface area (Å²) in [6.07, 6.45) is -4.62. The molecule has 0 aliphatic rings. The quantitative estimate of drug-likeness (QED) is 0.0990. The molecule has 0 aliphatic heterocycles. The highest BCUT2D eigenvalue weighted by atomic mass is 16.4. The van der Waals surface area contributed by atoms with Crippen molar-refractivity contribution in [3.8, 4) is 0 Å². The summed E-state index contributed by atoms with van der Waals surface area (Å²) in [5.41, 5.74) is 6.16. The molecule has 1 aromatic rings.